The molecule has 3 N–H and O–H groups in total. The molecule has 1 aromatic heterocycles. The van der Waals surface area contributed by atoms with Crippen LogP contribution in [0.5, 0.6) is 0 Å². The van der Waals surface area contributed by atoms with E-state index in [-0.39, 0.29) is 42.4 Å². The highest BCUT2D eigenvalue weighted by atomic mass is 127. The van der Waals surface area contributed by atoms with E-state index in [1.165, 1.54) is 12.1 Å². The van der Waals surface area contributed by atoms with Crippen molar-refractivity contribution in [2.75, 3.05) is 13.6 Å². The lowest BCUT2D eigenvalue weighted by Gasteiger charge is -2.25. The lowest BCUT2D eigenvalue weighted by atomic mass is 10.1. The van der Waals surface area contributed by atoms with E-state index >= 15 is 0 Å². The minimum absolute atomic E-state index is 0. The highest BCUT2D eigenvalue weighted by molar-refractivity contribution is 14.0. The maximum Gasteiger partial charge on any atom is 0.191 e. The highest BCUT2D eigenvalue weighted by Crippen LogP contribution is 2.13. The summed E-state index contributed by atoms with van der Waals surface area (Å²) in [4.78, 5) is 8.38. The van der Waals surface area contributed by atoms with E-state index in [1.807, 2.05) is 4.68 Å². The van der Waals surface area contributed by atoms with Gasteiger partial charge in [0.15, 0.2) is 5.96 Å². The second-order valence-corrected chi connectivity index (χ2v) is 5.76. The van der Waals surface area contributed by atoms with E-state index in [9.17, 15) is 9.50 Å². The number of halogens is 2. The predicted molar refractivity (Wildman–Crippen MR) is 103 cm³/mol. The van der Waals surface area contributed by atoms with Gasteiger partial charge in [-0.05, 0) is 24.1 Å². The van der Waals surface area contributed by atoms with E-state index in [0.717, 1.165) is 25.2 Å². The molecule has 25 heavy (non-hydrogen) atoms. The van der Waals surface area contributed by atoms with Crippen molar-refractivity contribution in [3.8, 4) is 0 Å². The van der Waals surface area contributed by atoms with Gasteiger partial charge in [0.2, 0.25) is 0 Å². The van der Waals surface area contributed by atoms with Gasteiger partial charge in [-0.1, -0.05) is 12.1 Å². The van der Waals surface area contributed by atoms with Gasteiger partial charge in [0, 0.05) is 26.1 Å². The van der Waals surface area contributed by atoms with Crippen LogP contribution in [0, 0.1) is 5.82 Å². The van der Waals surface area contributed by atoms with Crippen LogP contribution in [-0.2, 0) is 13.0 Å². The van der Waals surface area contributed by atoms with Gasteiger partial charge in [-0.15, -0.1) is 24.0 Å². The molecule has 0 radical (unpaired) electrons. The molecule has 0 amide bonds. The number of hydrogen-bond acceptors (Lipinski definition) is 4. The Bertz CT molecular complexity index is 722. The van der Waals surface area contributed by atoms with Gasteiger partial charge < -0.3 is 15.7 Å². The molecule has 2 heterocycles. The Balaban J connectivity index is 0.00000225. The van der Waals surface area contributed by atoms with Crippen molar-refractivity contribution in [3.63, 3.8) is 0 Å². The number of aliphatic hydroxyl groups excluding tert-OH is 1. The summed E-state index contributed by atoms with van der Waals surface area (Å²) in [5, 5.41) is 20.7. The standard InChI is InChI=1S/C16H21FN6O.HI/c1-18-16(19-8-14(24)11-3-2-4-12(17)7-11)22-13-5-6-15-20-10-21-23(15)9-13;/h2-4,7,10,13-14,24H,5-6,8-9H2,1H3,(H2,18,19,22);1H. The molecular weight excluding hydrogens is 438 g/mol. The minimum Gasteiger partial charge on any atom is -0.387 e. The maximum absolute atomic E-state index is 13.2. The van der Waals surface area contributed by atoms with Crippen LogP contribution in [-0.4, -0.2) is 45.5 Å². The Hall–Kier alpha value is -1.75. The van der Waals surface area contributed by atoms with Crippen LogP contribution in [0.1, 0.15) is 23.9 Å². The van der Waals surface area contributed by atoms with E-state index in [2.05, 4.69) is 25.7 Å². The summed E-state index contributed by atoms with van der Waals surface area (Å²) >= 11 is 0. The number of benzene rings is 1. The van der Waals surface area contributed by atoms with Gasteiger partial charge in [0.25, 0.3) is 0 Å². The van der Waals surface area contributed by atoms with Crippen LogP contribution in [0.25, 0.3) is 0 Å². The average molecular weight is 460 g/mol. The number of aryl methyl sites for hydroxylation is 1. The molecule has 2 atom stereocenters. The summed E-state index contributed by atoms with van der Waals surface area (Å²) in [6.07, 6.45) is 2.56. The Morgan fingerprint density at radius 3 is 3.12 bits per heavy atom. The summed E-state index contributed by atoms with van der Waals surface area (Å²) in [5.41, 5.74) is 0.530. The second kappa shape index (κ2) is 9.09. The van der Waals surface area contributed by atoms with Crippen molar-refractivity contribution in [2.24, 2.45) is 4.99 Å². The summed E-state index contributed by atoms with van der Waals surface area (Å²) in [5.74, 6) is 1.23. The topological polar surface area (TPSA) is 87.4 Å². The number of nitrogens with one attached hydrogen (secondary N) is 2. The Labute approximate surface area is 162 Å². The quantitative estimate of drug-likeness (QED) is 0.363. The third-order valence-electron chi connectivity index (χ3n) is 4.07. The fraction of sp³-hybridized carbons (Fsp3) is 0.438. The number of aliphatic imine (C=N–C) groups is 1. The zero-order valence-corrected chi connectivity index (χ0v) is 16.2. The minimum atomic E-state index is -0.812. The molecule has 136 valence electrons. The summed E-state index contributed by atoms with van der Waals surface area (Å²) in [6.45, 7) is 0.965. The first-order valence-electron chi connectivity index (χ1n) is 7.93. The smallest absolute Gasteiger partial charge is 0.191 e. The molecule has 7 nitrogen and oxygen atoms in total. The van der Waals surface area contributed by atoms with Crippen LogP contribution in [0.3, 0.4) is 0 Å². The molecule has 0 fully saturated rings. The van der Waals surface area contributed by atoms with Crippen molar-refractivity contribution in [1.29, 1.82) is 0 Å². The van der Waals surface area contributed by atoms with Gasteiger partial charge in [0.1, 0.15) is 18.0 Å². The fourth-order valence-electron chi connectivity index (χ4n) is 2.77. The van der Waals surface area contributed by atoms with Crippen molar-refractivity contribution in [2.45, 2.75) is 31.5 Å². The van der Waals surface area contributed by atoms with Gasteiger partial charge in [-0.2, -0.15) is 5.10 Å². The number of nitrogens with zero attached hydrogens (tertiary/aromatic N) is 4. The summed E-state index contributed by atoms with van der Waals surface area (Å²) in [6, 6.07) is 6.15. The van der Waals surface area contributed by atoms with Gasteiger partial charge in [0.05, 0.1) is 12.6 Å². The van der Waals surface area contributed by atoms with Crippen molar-refractivity contribution in [3.05, 3.63) is 47.8 Å². The fourth-order valence-corrected chi connectivity index (χ4v) is 2.77. The number of aliphatic hydroxyl groups is 1. The van der Waals surface area contributed by atoms with Crippen molar-refractivity contribution in [1.82, 2.24) is 25.4 Å². The monoisotopic (exact) mass is 460 g/mol. The van der Waals surface area contributed by atoms with E-state index < -0.39 is 6.10 Å². The molecule has 2 unspecified atom stereocenters. The molecule has 9 heteroatoms. The predicted octanol–water partition coefficient (Wildman–Crippen LogP) is 1.25. The molecule has 3 rings (SSSR count). The third-order valence-corrected chi connectivity index (χ3v) is 4.07. The first-order chi connectivity index (χ1) is 11.7. The normalized spacial score (nSPS) is 18.0. The Morgan fingerprint density at radius 1 is 1.52 bits per heavy atom. The van der Waals surface area contributed by atoms with Crippen molar-refractivity contribution >= 4 is 29.9 Å². The molecular formula is C16H22FIN6O. The molecule has 1 aromatic carbocycles. The number of aromatic nitrogens is 3. The Morgan fingerprint density at radius 2 is 2.36 bits per heavy atom. The molecule has 0 spiro atoms. The van der Waals surface area contributed by atoms with Crippen LogP contribution in [0.4, 0.5) is 4.39 Å². The first-order valence-corrected chi connectivity index (χ1v) is 7.93. The molecule has 0 aliphatic carbocycles. The number of rotatable bonds is 4. The van der Waals surface area contributed by atoms with Gasteiger partial charge in [-0.3, -0.25) is 4.99 Å². The molecule has 1 aliphatic heterocycles. The Kier molecular flexibility index (Phi) is 7.12. The van der Waals surface area contributed by atoms with E-state index in [1.54, 1.807) is 25.5 Å². The number of fused-ring (bicyclic) bond motifs is 1. The van der Waals surface area contributed by atoms with Crippen molar-refractivity contribution < 1.29 is 9.50 Å². The highest BCUT2D eigenvalue weighted by Gasteiger charge is 2.20. The largest absolute Gasteiger partial charge is 0.387 e. The lowest BCUT2D eigenvalue weighted by Crippen LogP contribution is -2.47. The SMILES string of the molecule is CN=C(NCC(O)c1cccc(F)c1)NC1CCc2ncnn2C1.I. The molecule has 2 aromatic rings. The summed E-state index contributed by atoms with van der Waals surface area (Å²) in [7, 11) is 1.67. The van der Waals surface area contributed by atoms with E-state index in [0.29, 0.717) is 11.5 Å². The molecule has 0 saturated carbocycles. The van der Waals surface area contributed by atoms with Crippen LogP contribution >= 0.6 is 24.0 Å². The first kappa shape index (κ1) is 19.6. The van der Waals surface area contributed by atoms with E-state index in [4.69, 9.17) is 0 Å². The zero-order valence-electron chi connectivity index (χ0n) is 13.9. The molecule has 0 saturated heterocycles. The van der Waals surface area contributed by atoms with Gasteiger partial charge >= 0.3 is 0 Å². The second-order valence-electron chi connectivity index (χ2n) is 5.76. The van der Waals surface area contributed by atoms with Gasteiger partial charge in [-0.25, -0.2) is 14.1 Å². The zero-order chi connectivity index (χ0) is 16.9. The maximum atomic E-state index is 13.2. The lowest BCUT2D eigenvalue weighted by molar-refractivity contribution is 0.180. The third kappa shape index (κ3) is 5.11. The van der Waals surface area contributed by atoms with Crippen LogP contribution in [0.2, 0.25) is 0 Å². The number of hydrogen-bond donors (Lipinski definition) is 3. The average Bonchev–Trinajstić information content (AvgIpc) is 3.06. The van der Waals surface area contributed by atoms with Crippen LogP contribution < -0.4 is 10.6 Å². The number of guanidine groups is 1. The molecule has 0 bridgehead atoms. The summed E-state index contributed by atoms with van der Waals surface area (Å²) < 4.78 is 15.1. The molecule has 1 aliphatic rings. The van der Waals surface area contributed by atoms with Crippen LogP contribution in [0.15, 0.2) is 35.6 Å².